The summed E-state index contributed by atoms with van der Waals surface area (Å²) >= 11 is 0. The topological polar surface area (TPSA) is 57.3 Å². The lowest BCUT2D eigenvalue weighted by Gasteiger charge is -2.29. The minimum absolute atomic E-state index is 0.0118. The van der Waals surface area contributed by atoms with E-state index in [1.165, 1.54) is 0 Å². The van der Waals surface area contributed by atoms with Gasteiger partial charge in [0, 0.05) is 37.7 Å². The third kappa shape index (κ3) is 2.77. The fraction of sp³-hybridized carbons (Fsp3) is 0.455. The minimum Gasteiger partial charge on any atom is -0.325 e. The number of carbonyl (C=O) groups excluding carboxylic acids is 1. The van der Waals surface area contributed by atoms with Crippen LogP contribution in [0.3, 0.4) is 0 Å². The van der Waals surface area contributed by atoms with Crippen LogP contribution in [0, 0.1) is 0 Å². The molecule has 0 radical (unpaired) electrons. The molecule has 2 N–H and O–H groups in total. The predicted molar refractivity (Wildman–Crippen MR) is 62.2 cm³/mol. The van der Waals surface area contributed by atoms with Crippen LogP contribution in [0.1, 0.15) is 0 Å². The van der Waals surface area contributed by atoms with Crippen LogP contribution in [0.15, 0.2) is 24.5 Å². The van der Waals surface area contributed by atoms with Crippen LogP contribution in [-0.2, 0) is 4.79 Å². The number of aromatic nitrogens is 1. The summed E-state index contributed by atoms with van der Waals surface area (Å²) in [6, 6.07) is 3.43. The number of likely N-dealkylation sites (N-methyl/N-ethyl adjacent to an activating group) is 1. The molecule has 1 saturated heterocycles. The normalized spacial score (nSPS) is 21.7. The molecule has 1 aromatic heterocycles. The van der Waals surface area contributed by atoms with E-state index in [9.17, 15) is 4.79 Å². The third-order valence-corrected chi connectivity index (χ3v) is 2.64. The first-order chi connectivity index (χ1) is 7.75. The summed E-state index contributed by atoms with van der Waals surface area (Å²) in [6.07, 6.45) is 3.33. The first-order valence-electron chi connectivity index (χ1n) is 5.38. The Labute approximate surface area is 94.9 Å². The molecule has 1 aliphatic rings. The molecule has 5 nitrogen and oxygen atoms in total. The molecular weight excluding hydrogens is 204 g/mol. The number of amides is 1. The highest BCUT2D eigenvalue weighted by Crippen LogP contribution is 2.05. The number of nitrogens with zero attached hydrogens (tertiary/aromatic N) is 2. The number of anilines is 1. The number of hydrogen-bond acceptors (Lipinski definition) is 4. The molecule has 0 saturated carbocycles. The van der Waals surface area contributed by atoms with Crippen LogP contribution in [0.5, 0.6) is 0 Å². The number of carbonyl (C=O) groups is 1. The zero-order valence-electron chi connectivity index (χ0n) is 9.31. The fourth-order valence-corrected chi connectivity index (χ4v) is 1.74. The maximum absolute atomic E-state index is 11.9. The van der Waals surface area contributed by atoms with E-state index in [1.807, 2.05) is 7.05 Å². The Morgan fingerprint density at radius 1 is 1.56 bits per heavy atom. The van der Waals surface area contributed by atoms with Crippen LogP contribution in [0.2, 0.25) is 0 Å². The molecule has 0 aromatic carbocycles. The van der Waals surface area contributed by atoms with Crippen LogP contribution < -0.4 is 10.6 Å². The summed E-state index contributed by atoms with van der Waals surface area (Å²) in [5, 5.41) is 6.06. The monoisotopic (exact) mass is 220 g/mol. The van der Waals surface area contributed by atoms with E-state index in [0.717, 1.165) is 25.3 Å². The first kappa shape index (κ1) is 11.0. The maximum atomic E-state index is 11.9. The lowest BCUT2D eigenvalue weighted by Crippen LogP contribution is -2.54. The summed E-state index contributed by atoms with van der Waals surface area (Å²) < 4.78 is 0. The second-order valence-corrected chi connectivity index (χ2v) is 3.99. The summed E-state index contributed by atoms with van der Waals surface area (Å²) in [7, 11) is 2.02. The van der Waals surface area contributed by atoms with E-state index in [1.54, 1.807) is 24.5 Å². The number of pyridine rings is 1. The lowest BCUT2D eigenvalue weighted by atomic mass is 10.2. The molecule has 5 heteroatoms. The zero-order valence-corrected chi connectivity index (χ0v) is 9.31. The molecule has 2 rings (SSSR count). The van der Waals surface area contributed by atoms with Gasteiger partial charge in [-0.25, -0.2) is 0 Å². The van der Waals surface area contributed by atoms with Crippen molar-refractivity contribution in [3.63, 3.8) is 0 Å². The van der Waals surface area contributed by atoms with Gasteiger partial charge in [-0.1, -0.05) is 0 Å². The molecule has 1 fully saturated rings. The third-order valence-electron chi connectivity index (χ3n) is 2.64. The molecule has 1 aliphatic heterocycles. The van der Waals surface area contributed by atoms with E-state index in [2.05, 4.69) is 20.5 Å². The molecule has 0 spiro atoms. The standard InChI is InChI=1S/C11H16N4O/c1-15-7-6-13-10(8-15)11(16)14-9-2-4-12-5-3-9/h2-5,10,13H,6-8H2,1H3,(H,12,14,16). The molecule has 1 unspecified atom stereocenters. The van der Waals surface area contributed by atoms with Gasteiger partial charge < -0.3 is 15.5 Å². The van der Waals surface area contributed by atoms with Crippen molar-refractivity contribution in [2.24, 2.45) is 0 Å². The molecule has 1 aromatic rings. The predicted octanol–water partition coefficient (Wildman–Crippen LogP) is -0.0763. The lowest BCUT2D eigenvalue weighted by molar-refractivity contribution is -0.119. The number of piperazine rings is 1. The van der Waals surface area contributed by atoms with E-state index >= 15 is 0 Å². The highest BCUT2D eigenvalue weighted by molar-refractivity contribution is 5.95. The van der Waals surface area contributed by atoms with Gasteiger partial charge in [0.05, 0.1) is 6.04 Å². The van der Waals surface area contributed by atoms with Crippen LogP contribution in [-0.4, -0.2) is 48.5 Å². The van der Waals surface area contributed by atoms with E-state index in [0.29, 0.717) is 0 Å². The smallest absolute Gasteiger partial charge is 0.242 e. The van der Waals surface area contributed by atoms with Crippen LogP contribution >= 0.6 is 0 Å². The highest BCUT2D eigenvalue weighted by atomic mass is 16.2. The van der Waals surface area contributed by atoms with Crippen molar-refractivity contribution in [2.75, 3.05) is 32.0 Å². The van der Waals surface area contributed by atoms with Crippen molar-refractivity contribution < 1.29 is 4.79 Å². The van der Waals surface area contributed by atoms with E-state index in [4.69, 9.17) is 0 Å². The molecule has 86 valence electrons. The Balaban J connectivity index is 1.93. The van der Waals surface area contributed by atoms with Gasteiger partial charge >= 0.3 is 0 Å². The number of rotatable bonds is 2. The van der Waals surface area contributed by atoms with Gasteiger partial charge in [-0.05, 0) is 19.2 Å². The van der Waals surface area contributed by atoms with Crippen molar-refractivity contribution in [3.05, 3.63) is 24.5 Å². The van der Waals surface area contributed by atoms with Gasteiger partial charge in [-0.2, -0.15) is 0 Å². The molecule has 1 amide bonds. The fourth-order valence-electron chi connectivity index (χ4n) is 1.74. The summed E-state index contributed by atoms with van der Waals surface area (Å²) in [5.74, 6) is 0.0118. The first-order valence-corrected chi connectivity index (χ1v) is 5.38. The average molecular weight is 220 g/mol. The van der Waals surface area contributed by atoms with Crippen molar-refractivity contribution in [2.45, 2.75) is 6.04 Å². The van der Waals surface area contributed by atoms with Gasteiger partial charge in [0.25, 0.3) is 0 Å². The Bertz CT molecular complexity index is 354. The van der Waals surface area contributed by atoms with Crippen molar-refractivity contribution in [3.8, 4) is 0 Å². The largest absolute Gasteiger partial charge is 0.325 e. The maximum Gasteiger partial charge on any atom is 0.242 e. The molecule has 1 atom stereocenters. The number of nitrogens with one attached hydrogen (secondary N) is 2. The Morgan fingerprint density at radius 3 is 3.00 bits per heavy atom. The Morgan fingerprint density at radius 2 is 2.31 bits per heavy atom. The summed E-state index contributed by atoms with van der Waals surface area (Å²) in [5.41, 5.74) is 0.787. The van der Waals surface area contributed by atoms with Gasteiger partial charge in [0.1, 0.15) is 0 Å². The zero-order chi connectivity index (χ0) is 11.4. The van der Waals surface area contributed by atoms with Crippen LogP contribution in [0.4, 0.5) is 5.69 Å². The van der Waals surface area contributed by atoms with Crippen molar-refractivity contribution in [1.82, 2.24) is 15.2 Å². The second-order valence-electron chi connectivity index (χ2n) is 3.99. The van der Waals surface area contributed by atoms with Crippen LogP contribution in [0.25, 0.3) is 0 Å². The molecule has 2 heterocycles. The summed E-state index contributed by atoms with van der Waals surface area (Å²) in [6.45, 7) is 2.58. The molecule has 0 bridgehead atoms. The SMILES string of the molecule is CN1CCNC(C(=O)Nc2ccncc2)C1. The molecular formula is C11H16N4O. The van der Waals surface area contributed by atoms with Gasteiger partial charge in [-0.15, -0.1) is 0 Å². The molecule has 0 aliphatic carbocycles. The van der Waals surface area contributed by atoms with Crippen molar-refractivity contribution in [1.29, 1.82) is 0 Å². The van der Waals surface area contributed by atoms with E-state index in [-0.39, 0.29) is 11.9 Å². The summed E-state index contributed by atoms with van der Waals surface area (Å²) in [4.78, 5) is 17.9. The second kappa shape index (κ2) is 5.05. The quantitative estimate of drug-likeness (QED) is 0.732. The van der Waals surface area contributed by atoms with Gasteiger partial charge in [-0.3, -0.25) is 9.78 Å². The molecule has 16 heavy (non-hydrogen) atoms. The number of hydrogen-bond donors (Lipinski definition) is 2. The van der Waals surface area contributed by atoms with E-state index < -0.39 is 0 Å². The minimum atomic E-state index is -0.132. The van der Waals surface area contributed by atoms with Crippen molar-refractivity contribution >= 4 is 11.6 Å². The average Bonchev–Trinajstić information content (AvgIpc) is 2.30. The highest BCUT2D eigenvalue weighted by Gasteiger charge is 2.23. The van der Waals surface area contributed by atoms with Gasteiger partial charge in [0.15, 0.2) is 0 Å². The van der Waals surface area contributed by atoms with Gasteiger partial charge in [0.2, 0.25) is 5.91 Å². The Kier molecular flexibility index (Phi) is 3.48. The Hall–Kier alpha value is -1.46.